The van der Waals surface area contributed by atoms with Gasteiger partial charge >= 0.3 is 0 Å². The topological polar surface area (TPSA) is 64.7 Å². The predicted octanol–water partition coefficient (Wildman–Crippen LogP) is 1.87. The Hall–Kier alpha value is -1.26. The van der Waals surface area contributed by atoms with Gasteiger partial charge in [0.05, 0.1) is 13.7 Å². The third-order valence-corrected chi connectivity index (χ3v) is 2.52. The van der Waals surface area contributed by atoms with Crippen LogP contribution in [0.1, 0.15) is 31.4 Å². The molecule has 0 saturated heterocycles. The van der Waals surface area contributed by atoms with Gasteiger partial charge in [-0.05, 0) is 37.5 Å². The molecule has 0 spiro atoms. The van der Waals surface area contributed by atoms with Crippen molar-refractivity contribution in [3.63, 3.8) is 0 Å². The van der Waals surface area contributed by atoms with Crippen LogP contribution in [0.5, 0.6) is 11.5 Å². The van der Waals surface area contributed by atoms with Crippen LogP contribution >= 0.6 is 0 Å². The molecule has 0 radical (unpaired) electrons. The molecule has 4 nitrogen and oxygen atoms in total. The van der Waals surface area contributed by atoms with E-state index in [4.69, 9.17) is 20.3 Å². The smallest absolute Gasteiger partial charge is 0.161 e. The van der Waals surface area contributed by atoms with Crippen molar-refractivity contribution in [1.82, 2.24) is 0 Å². The Morgan fingerprint density at radius 2 is 2.06 bits per heavy atom. The monoisotopic (exact) mass is 239 g/mol. The first kappa shape index (κ1) is 13.8. The number of hydrogen-bond donors (Lipinski definition) is 2. The zero-order valence-corrected chi connectivity index (χ0v) is 10.5. The molecule has 1 aromatic carbocycles. The lowest BCUT2D eigenvalue weighted by atomic mass is 10.1. The molecule has 0 heterocycles. The van der Waals surface area contributed by atoms with Gasteiger partial charge in [-0.25, -0.2) is 0 Å². The largest absolute Gasteiger partial charge is 0.493 e. The number of aliphatic hydroxyl groups excluding tert-OH is 1. The summed E-state index contributed by atoms with van der Waals surface area (Å²) in [5, 5.41) is 8.67. The van der Waals surface area contributed by atoms with E-state index in [9.17, 15) is 0 Å². The Balaban J connectivity index is 2.65. The summed E-state index contributed by atoms with van der Waals surface area (Å²) in [6.45, 7) is 2.70. The van der Waals surface area contributed by atoms with E-state index in [1.165, 1.54) is 0 Å². The molecule has 0 aliphatic heterocycles. The van der Waals surface area contributed by atoms with Crippen molar-refractivity contribution in [2.24, 2.45) is 5.73 Å². The van der Waals surface area contributed by atoms with Crippen LogP contribution in [0.3, 0.4) is 0 Å². The van der Waals surface area contributed by atoms with Crippen LogP contribution in [-0.2, 0) is 0 Å². The Morgan fingerprint density at radius 1 is 1.29 bits per heavy atom. The van der Waals surface area contributed by atoms with Crippen LogP contribution in [0, 0.1) is 0 Å². The average molecular weight is 239 g/mol. The second-order valence-corrected chi connectivity index (χ2v) is 3.98. The molecule has 1 aromatic rings. The zero-order valence-electron chi connectivity index (χ0n) is 10.5. The molecule has 1 unspecified atom stereocenters. The summed E-state index contributed by atoms with van der Waals surface area (Å²) in [4.78, 5) is 0. The standard InChI is InChI=1S/C13H21NO3/c1-10(14)11-5-6-12(13(9-11)16-2)17-8-4-3-7-15/h5-6,9-10,15H,3-4,7-8,14H2,1-2H3. The molecular weight excluding hydrogens is 218 g/mol. The molecule has 0 saturated carbocycles. The summed E-state index contributed by atoms with van der Waals surface area (Å²) in [7, 11) is 1.61. The SMILES string of the molecule is COc1cc(C(C)N)ccc1OCCCCO. The summed E-state index contributed by atoms with van der Waals surface area (Å²) in [5.41, 5.74) is 6.82. The average Bonchev–Trinajstić information content (AvgIpc) is 2.34. The van der Waals surface area contributed by atoms with E-state index in [1.54, 1.807) is 7.11 Å². The molecule has 0 fully saturated rings. The number of benzene rings is 1. The first-order chi connectivity index (χ1) is 8.19. The van der Waals surface area contributed by atoms with Crippen molar-refractivity contribution in [1.29, 1.82) is 0 Å². The van der Waals surface area contributed by atoms with Gasteiger partial charge in [0.2, 0.25) is 0 Å². The number of unbranched alkanes of at least 4 members (excludes halogenated alkanes) is 1. The zero-order chi connectivity index (χ0) is 12.7. The van der Waals surface area contributed by atoms with Crippen LogP contribution in [0.4, 0.5) is 0 Å². The van der Waals surface area contributed by atoms with Crippen LogP contribution in [0.25, 0.3) is 0 Å². The molecule has 1 rings (SSSR count). The van der Waals surface area contributed by atoms with E-state index in [0.717, 1.165) is 24.2 Å². The first-order valence-corrected chi connectivity index (χ1v) is 5.86. The van der Waals surface area contributed by atoms with Crippen molar-refractivity contribution in [3.05, 3.63) is 23.8 Å². The number of nitrogens with two attached hydrogens (primary N) is 1. The van der Waals surface area contributed by atoms with Gasteiger partial charge in [-0.3, -0.25) is 0 Å². The molecule has 0 aromatic heterocycles. The normalized spacial score (nSPS) is 12.2. The lowest BCUT2D eigenvalue weighted by Crippen LogP contribution is -2.06. The van der Waals surface area contributed by atoms with Crippen molar-refractivity contribution in [3.8, 4) is 11.5 Å². The maximum atomic E-state index is 8.67. The highest BCUT2D eigenvalue weighted by Crippen LogP contribution is 2.29. The summed E-state index contributed by atoms with van der Waals surface area (Å²) in [6, 6.07) is 5.68. The molecule has 0 aliphatic rings. The molecule has 0 aliphatic carbocycles. The third kappa shape index (κ3) is 4.24. The van der Waals surface area contributed by atoms with Crippen LogP contribution in [0.2, 0.25) is 0 Å². The molecular formula is C13H21NO3. The summed E-state index contributed by atoms with van der Waals surface area (Å²) in [6.07, 6.45) is 1.58. The molecule has 4 heteroatoms. The fraction of sp³-hybridized carbons (Fsp3) is 0.538. The fourth-order valence-corrected chi connectivity index (χ4v) is 1.48. The second-order valence-electron chi connectivity index (χ2n) is 3.98. The molecule has 1 atom stereocenters. The number of rotatable bonds is 7. The van der Waals surface area contributed by atoms with E-state index in [2.05, 4.69) is 0 Å². The van der Waals surface area contributed by atoms with E-state index >= 15 is 0 Å². The summed E-state index contributed by atoms with van der Waals surface area (Å²) in [5.74, 6) is 1.42. The minimum Gasteiger partial charge on any atom is -0.493 e. The molecule has 0 amide bonds. The fourth-order valence-electron chi connectivity index (χ4n) is 1.48. The number of ether oxygens (including phenoxy) is 2. The van der Waals surface area contributed by atoms with Gasteiger partial charge in [-0.1, -0.05) is 6.07 Å². The lowest BCUT2D eigenvalue weighted by Gasteiger charge is -2.13. The Morgan fingerprint density at radius 3 is 2.65 bits per heavy atom. The molecule has 3 N–H and O–H groups in total. The summed E-state index contributed by atoms with van der Waals surface area (Å²) < 4.78 is 10.9. The highest BCUT2D eigenvalue weighted by Gasteiger charge is 2.07. The minimum absolute atomic E-state index is 0.0210. The molecule has 17 heavy (non-hydrogen) atoms. The molecule has 96 valence electrons. The van der Waals surface area contributed by atoms with E-state index in [0.29, 0.717) is 12.4 Å². The van der Waals surface area contributed by atoms with Crippen LogP contribution in [0.15, 0.2) is 18.2 Å². The van der Waals surface area contributed by atoms with E-state index in [1.807, 2.05) is 25.1 Å². The van der Waals surface area contributed by atoms with Crippen molar-refractivity contribution in [2.45, 2.75) is 25.8 Å². The van der Waals surface area contributed by atoms with Gasteiger partial charge in [-0.15, -0.1) is 0 Å². The minimum atomic E-state index is -0.0210. The Labute approximate surface area is 102 Å². The van der Waals surface area contributed by atoms with E-state index < -0.39 is 0 Å². The van der Waals surface area contributed by atoms with Crippen molar-refractivity contribution in [2.75, 3.05) is 20.3 Å². The van der Waals surface area contributed by atoms with Gasteiger partial charge in [0.25, 0.3) is 0 Å². The number of hydrogen-bond acceptors (Lipinski definition) is 4. The van der Waals surface area contributed by atoms with Gasteiger partial charge in [0.1, 0.15) is 0 Å². The first-order valence-electron chi connectivity index (χ1n) is 5.86. The van der Waals surface area contributed by atoms with Crippen LogP contribution < -0.4 is 15.2 Å². The maximum absolute atomic E-state index is 8.67. The maximum Gasteiger partial charge on any atom is 0.161 e. The summed E-state index contributed by atoms with van der Waals surface area (Å²) >= 11 is 0. The van der Waals surface area contributed by atoms with Gasteiger partial charge in [0, 0.05) is 12.6 Å². The highest BCUT2D eigenvalue weighted by atomic mass is 16.5. The quantitative estimate of drug-likeness (QED) is 0.713. The Bertz CT molecular complexity index is 339. The third-order valence-electron chi connectivity index (χ3n) is 2.52. The predicted molar refractivity (Wildman–Crippen MR) is 67.4 cm³/mol. The van der Waals surface area contributed by atoms with Crippen LogP contribution in [-0.4, -0.2) is 25.4 Å². The highest BCUT2D eigenvalue weighted by molar-refractivity contribution is 5.43. The molecule has 0 bridgehead atoms. The van der Waals surface area contributed by atoms with Gasteiger partial charge < -0.3 is 20.3 Å². The van der Waals surface area contributed by atoms with Crippen molar-refractivity contribution >= 4 is 0 Å². The van der Waals surface area contributed by atoms with Crippen molar-refractivity contribution < 1.29 is 14.6 Å². The number of aliphatic hydroxyl groups is 1. The van der Waals surface area contributed by atoms with E-state index in [-0.39, 0.29) is 12.6 Å². The second kappa shape index (κ2) is 7.14. The van der Waals surface area contributed by atoms with Gasteiger partial charge in [0.15, 0.2) is 11.5 Å². The lowest BCUT2D eigenvalue weighted by molar-refractivity contribution is 0.247. The number of methoxy groups -OCH3 is 1. The Kier molecular flexibility index (Phi) is 5.80. The van der Waals surface area contributed by atoms with Gasteiger partial charge in [-0.2, -0.15) is 0 Å².